The monoisotopic (exact) mass is 237 g/mol. The van der Waals surface area contributed by atoms with Gasteiger partial charge in [0.25, 0.3) is 0 Å². The molecule has 1 aromatic carbocycles. The van der Waals surface area contributed by atoms with E-state index in [2.05, 4.69) is 10.3 Å². The maximum atomic E-state index is 5.78. The number of halogens is 1. The standard InChI is InChI=1S/C10H8ClN3O2/c11-4-8-5-12-13-14(8)7-1-2-9-10(3-7)16-6-15-9/h1-3,5H,4,6H2. The molecule has 2 aromatic rings. The van der Waals surface area contributed by atoms with Crippen molar-refractivity contribution in [2.24, 2.45) is 0 Å². The molecule has 0 spiro atoms. The highest BCUT2D eigenvalue weighted by atomic mass is 35.5. The molecule has 6 heteroatoms. The third-order valence-electron chi connectivity index (χ3n) is 2.36. The molecule has 16 heavy (non-hydrogen) atoms. The first-order valence-corrected chi connectivity index (χ1v) is 5.27. The van der Waals surface area contributed by atoms with Gasteiger partial charge in [0.15, 0.2) is 11.5 Å². The van der Waals surface area contributed by atoms with Crippen LogP contribution in [0.4, 0.5) is 0 Å². The third-order valence-corrected chi connectivity index (χ3v) is 2.63. The third kappa shape index (κ3) is 1.40. The van der Waals surface area contributed by atoms with E-state index in [-0.39, 0.29) is 6.79 Å². The lowest BCUT2D eigenvalue weighted by Crippen LogP contribution is -2.00. The number of aromatic nitrogens is 3. The Hall–Kier alpha value is -1.75. The number of nitrogens with zero attached hydrogens (tertiary/aromatic N) is 3. The maximum Gasteiger partial charge on any atom is 0.231 e. The Kier molecular flexibility index (Phi) is 2.18. The summed E-state index contributed by atoms with van der Waals surface area (Å²) in [7, 11) is 0. The Labute approximate surface area is 96.5 Å². The fourth-order valence-corrected chi connectivity index (χ4v) is 1.76. The average Bonchev–Trinajstić information content (AvgIpc) is 2.96. The van der Waals surface area contributed by atoms with Crippen LogP contribution in [0.25, 0.3) is 5.69 Å². The quantitative estimate of drug-likeness (QED) is 0.747. The van der Waals surface area contributed by atoms with E-state index in [1.807, 2.05) is 18.2 Å². The molecule has 0 radical (unpaired) electrons. The fraction of sp³-hybridized carbons (Fsp3) is 0.200. The Balaban J connectivity index is 2.07. The minimum Gasteiger partial charge on any atom is -0.454 e. The summed E-state index contributed by atoms with van der Waals surface area (Å²) in [6.45, 7) is 0.262. The summed E-state index contributed by atoms with van der Waals surface area (Å²) in [4.78, 5) is 0. The van der Waals surface area contributed by atoms with Crippen molar-refractivity contribution >= 4 is 11.6 Å². The molecule has 82 valence electrons. The molecule has 5 nitrogen and oxygen atoms in total. The van der Waals surface area contributed by atoms with E-state index in [0.717, 1.165) is 17.1 Å². The Morgan fingerprint density at radius 1 is 1.31 bits per heavy atom. The first kappa shape index (κ1) is 9.47. The molecule has 0 N–H and O–H groups in total. The SMILES string of the molecule is ClCc1cnnn1-c1ccc2c(c1)OCO2. The van der Waals surface area contributed by atoms with Gasteiger partial charge in [0.05, 0.1) is 23.5 Å². The first-order chi connectivity index (χ1) is 7.88. The molecule has 3 rings (SSSR count). The molecule has 2 heterocycles. The average molecular weight is 238 g/mol. The fourth-order valence-electron chi connectivity index (χ4n) is 1.58. The molecule has 0 unspecified atom stereocenters. The van der Waals surface area contributed by atoms with Gasteiger partial charge >= 0.3 is 0 Å². The van der Waals surface area contributed by atoms with Crippen LogP contribution in [0.3, 0.4) is 0 Å². The van der Waals surface area contributed by atoms with Crippen molar-refractivity contribution < 1.29 is 9.47 Å². The van der Waals surface area contributed by atoms with Crippen LogP contribution in [-0.2, 0) is 5.88 Å². The molecule has 0 amide bonds. The van der Waals surface area contributed by atoms with Crippen molar-refractivity contribution in [3.63, 3.8) is 0 Å². The highest BCUT2D eigenvalue weighted by molar-refractivity contribution is 6.16. The molecular weight excluding hydrogens is 230 g/mol. The highest BCUT2D eigenvalue weighted by Crippen LogP contribution is 2.33. The predicted octanol–water partition coefficient (Wildman–Crippen LogP) is 1.73. The molecule has 0 saturated heterocycles. The molecule has 0 atom stereocenters. The Morgan fingerprint density at radius 2 is 2.19 bits per heavy atom. The lowest BCUT2D eigenvalue weighted by atomic mass is 10.3. The van der Waals surface area contributed by atoms with Crippen LogP contribution >= 0.6 is 11.6 Å². The van der Waals surface area contributed by atoms with E-state index in [0.29, 0.717) is 11.6 Å². The van der Waals surface area contributed by atoms with Crippen molar-refractivity contribution in [3.05, 3.63) is 30.1 Å². The summed E-state index contributed by atoms with van der Waals surface area (Å²) in [5, 5.41) is 7.79. The summed E-state index contributed by atoms with van der Waals surface area (Å²) in [5.41, 5.74) is 1.69. The van der Waals surface area contributed by atoms with Crippen LogP contribution in [0.5, 0.6) is 11.5 Å². The van der Waals surface area contributed by atoms with Gasteiger partial charge in [-0.25, -0.2) is 4.68 Å². The molecular formula is C10H8ClN3O2. The largest absolute Gasteiger partial charge is 0.454 e. The molecule has 1 aliphatic heterocycles. The van der Waals surface area contributed by atoms with Gasteiger partial charge in [-0.2, -0.15) is 0 Å². The predicted molar refractivity (Wildman–Crippen MR) is 57.0 cm³/mol. The minimum atomic E-state index is 0.262. The topological polar surface area (TPSA) is 49.2 Å². The van der Waals surface area contributed by atoms with E-state index >= 15 is 0 Å². The number of hydrogen-bond donors (Lipinski definition) is 0. The van der Waals surface area contributed by atoms with Gasteiger partial charge in [-0.1, -0.05) is 5.21 Å². The highest BCUT2D eigenvalue weighted by Gasteiger charge is 2.15. The summed E-state index contributed by atoms with van der Waals surface area (Å²) < 4.78 is 12.2. The zero-order valence-corrected chi connectivity index (χ0v) is 9.02. The van der Waals surface area contributed by atoms with Gasteiger partial charge in [-0.3, -0.25) is 0 Å². The summed E-state index contributed by atoms with van der Waals surface area (Å²) >= 11 is 5.78. The van der Waals surface area contributed by atoms with Gasteiger partial charge in [0.1, 0.15) is 0 Å². The lowest BCUT2D eigenvalue weighted by molar-refractivity contribution is 0.174. The number of rotatable bonds is 2. The van der Waals surface area contributed by atoms with E-state index in [4.69, 9.17) is 21.1 Å². The second kappa shape index (κ2) is 3.68. The Bertz CT molecular complexity index is 527. The van der Waals surface area contributed by atoms with Crippen LogP contribution in [0.1, 0.15) is 5.69 Å². The summed E-state index contributed by atoms with van der Waals surface area (Å²) in [5.74, 6) is 1.83. The van der Waals surface area contributed by atoms with E-state index in [1.165, 1.54) is 0 Å². The summed E-state index contributed by atoms with van der Waals surface area (Å²) in [6.07, 6.45) is 1.64. The van der Waals surface area contributed by atoms with E-state index in [1.54, 1.807) is 10.9 Å². The van der Waals surface area contributed by atoms with Gasteiger partial charge < -0.3 is 9.47 Å². The van der Waals surface area contributed by atoms with Gasteiger partial charge in [0, 0.05) is 6.07 Å². The minimum absolute atomic E-state index is 0.262. The first-order valence-electron chi connectivity index (χ1n) is 4.74. The van der Waals surface area contributed by atoms with Crippen LogP contribution in [0, 0.1) is 0 Å². The van der Waals surface area contributed by atoms with Crippen molar-refractivity contribution in [1.29, 1.82) is 0 Å². The number of benzene rings is 1. The summed E-state index contributed by atoms with van der Waals surface area (Å²) in [6, 6.07) is 5.59. The smallest absolute Gasteiger partial charge is 0.231 e. The number of fused-ring (bicyclic) bond motifs is 1. The van der Waals surface area contributed by atoms with Gasteiger partial charge in [-0.15, -0.1) is 16.7 Å². The van der Waals surface area contributed by atoms with Gasteiger partial charge in [-0.05, 0) is 12.1 Å². The zero-order chi connectivity index (χ0) is 11.0. The molecule has 1 aromatic heterocycles. The van der Waals surface area contributed by atoms with Crippen LogP contribution < -0.4 is 9.47 Å². The van der Waals surface area contributed by atoms with Crippen LogP contribution in [0.2, 0.25) is 0 Å². The molecule has 0 aliphatic carbocycles. The Morgan fingerprint density at radius 3 is 3.06 bits per heavy atom. The molecule has 0 saturated carbocycles. The second-order valence-electron chi connectivity index (χ2n) is 3.31. The normalized spacial score (nSPS) is 13.1. The van der Waals surface area contributed by atoms with E-state index in [9.17, 15) is 0 Å². The van der Waals surface area contributed by atoms with E-state index < -0.39 is 0 Å². The van der Waals surface area contributed by atoms with Crippen molar-refractivity contribution in [1.82, 2.24) is 15.0 Å². The molecule has 0 fully saturated rings. The van der Waals surface area contributed by atoms with Crippen molar-refractivity contribution in [3.8, 4) is 17.2 Å². The van der Waals surface area contributed by atoms with Crippen LogP contribution in [-0.4, -0.2) is 21.8 Å². The molecule has 0 bridgehead atoms. The second-order valence-corrected chi connectivity index (χ2v) is 3.58. The number of hydrogen-bond acceptors (Lipinski definition) is 4. The number of ether oxygens (including phenoxy) is 2. The van der Waals surface area contributed by atoms with Crippen molar-refractivity contribution in [2.45, 2.75) is 5.88 Å². The van der Waals surface area contributed by atoms with Gasteiger partial charge in [0.2, 0.25) is 6.79 Å². The number of alkyl halides is 1. The van der Waals surface area contributed by atoms with Crippen molar-refractivity contribution in [2.75, 3.05) is 6.79 Å². The lowest BCUT2D eigenvalue weighted by Gasteiger charge is -2.04. The zero-order valence-electron chi connectivity index (χ0n) is 8.26. The van der Waals surface area contributed by atoms with Crippen LogP contribution in [0.15, 0.2) is 24.4 Å². The maximum absolute atomic E-state index is 5.78. The molecule has 1 aliphatic rings.